The van der Waals surface area contributed by atoms with Crippen molar-refractivity contribution in [3.8, 4) is 0 Å². The second-order valence-electron chi connectivity index (χ2n) is 2.73. The molecule has 1 nitrogen and oxygen atoms in total. The standard InChI is InChI=1S/C13H11O/c1-12(8-4-3-7-11-14)13-9-5-2-6-10-13/h2-10H,1H2/b7-3+,8-4+. The monoisotopic (exact) mass is 183 g/mol. The molecule has 0 bridgehead atoms. The zero-order valence-corrected chi connectivity index (χ0v) is 7.81. The molecule has 14 heavy (non-hydrogen) atoms. The Balaban J connectivity index is 2.64. The molecule has 0 aliphatic heterocycles. The number of hydrogen-bond acceptors (Lipinski definition) is 1. The Morgan fingerprint density at radius 2 is 1.93 bits per heavy atom. The lowest BCUT2D eigenvalue weighted by atomic mass is 10.1. The van der Waals surface area contributed by atoms with Crippen molar-refractivity contribution in [2.24, 2.45) is 0 Å². The molecule has 0 amide bonds. The molecule has 0 fully saturated rings. The summed E-state index contributed by atoms with van der Waals surface area (Å²) in [7, 11) is 0. The van der Waals surface area contributed by atoms with E-state index >= 15 is 0 Å². The van der Waals surface area contributed by atoms with Crippen molar-refractivity contribution in [2.45, 2.75) is 0 Å². The van der Waals surface area contributed by atoms with E-state index in [1.165, 1.54) is 6.08 Å². The van der Waals surface area contributed by atoms with Gasteiger partial charge in [-0.3, -0.25) is 4.79 Å². The van der Waals surface area contributed by atoms with Gasteiger partial charge in [0.25, 0.3) is 0 Å². The van der Waals surface area contributed by atoms with E-state index in [1.54, 1.807) is 18.4 Å². The average Bonchev–Trinajstić information content (AvgIpc) is 2.25. The van der Waals surface area contributed by atoms with Crippen LogP contribution >= 0.6 is 0 Å². The molecule has 0 aliphatic carbocycles. The smallest absolute Gasteiger partial charge is 0.225 e. The van der Waals surface area contributed by atoms with Gasteiger partial charge in [-0.15, -0.1) is 0 Å². The molecule has 0 spiro atoms. The SMILES string of the molecule is C=C(/C=C/C=C/[C]=O)c1ccccc1. The molecule has 1 rings (SSSR count). The molecule has 0 saturated heterocycles. The van der Waals surface area contributed by atoms with Crippen molar-refractivity contribution in [3.05, 3.63) is 66.8 Å². The highest BCUT2D eigenvalue weighted by molar-refractivity contribution is 5.72. The second kappa shape index (κ2) is 5.70. The summed E-state index contributed by atoms with van der Waals surface area (Å²) in [6.45, 7) is 3.90. The van der Waals surface area contributed by atoms with Crippen LogP contribution in [0.5, 0.6) is 0 Å². The van der Waals surface area contributed by atoms with Crippen molar-refractivity contribution in [2.75, 3.05) is 0 Å². The first-order chi connectivity index (χ1) is 6.84. The minimum atomic E-state index is 0.918. The van der Waals surface area contributed by atoms with Crippen molar-refractivity contribution in [1.82, 2.24) is 0 Å². The van der Waals surface area contributed by atoms with Crippen LogP contribution in [0.15, 0.2) is 61.2 Å². The lowest BCUT2D eigenvalue weighted by molar-refractivity contribution is 0.564. The minimum Gasteiger partial charge on any atom is -0.286 e. The van der Waals surface area contributed by atoms with Gasteiger partial charge in [0, 0.05) is 0 Å². The van der Waals surface area contributed by atoms with Crippen molar-refractivity contribution in [3.63, 3.8) is 0 Å². The van der Waals surface area contributed by atoms with Gasteiger partial charge in [0.2, 0.25) is 6.29 Å². The molecule has 1 heteroatoms. The molecule has 0 aromatic heterocycles. The largest absolute Gasteiger partial charge is 0.286 e. The molecule has 0 heterocycles. The predicted molar refractivity (Wildman–Crippen MR) is 59.4 cm³/mol. The Morgan fingerprint density at radius 3 is 2.57 bits per heavy atom. The Labute approximate surface area is 84.1 Å². The van der Waals surface area contributed by atoms with Gasteiger partial charge in [0.15, 0.2) is 0 Å². The first kappa shape index (κ1) is 10.2. The van der Waals surface area contributed by atoms with E-state index in [0.717, 1.165) is 11.1 Å². The lowest BCUT2D eigenvalue weighted by Crippen LogP contribution is -1.75. The zero-order chi connectivity index (χ0) is 10.2. The van der Waals surface area contributed by atoms with Crippen LogP contribution in [0.1, 0.15) is 5.56 Å². The van der Waals surface area contributed by atoms with E-state index < -0.39 is 0 Å². The third-order valence-electron chi connectivity index (χ3n) is 1.72. The van der Waals surface area contributed by atoms with Crippen molar-refractivity contribution in [1.29, 1.82) is 0 Å². The van der Waals surface area contributed by atoms with Crippen LogP contribution in [0.3, 0.4) is 0 Å². The van der Waals surface area contributed by atoms with Gasteiger partial charge in [-0.1, -0.05) is 55.1 Å². The zero-order valence-electron chi connectivity index (χ0n) is 7.81. The summed E-state index contributed by atoms with van der Waals surface area (Å²) in [6.07, 6.45) is 8.22. The van der Waals surface area contributed by atoms with Crippen LogP contribution < -0.4 is 0 Å². The fourth-order valence-electron chi connectivity index (χ4n) is 1.02. The third kappa shape index (κ3) is 3.23. The van der Waals surface area contributed by atoms with Crippen LogP contribution in [0.25, 0.3) is 5.57 Å². The summed E-state index contributed by atoms with van der Waals surface area (Å²) in [4.78, 5) is 9.85. The van der Waals surface area contributed by atoms with Gasteiger partial charge in [-0.25, -0.2) is 0 Å². The highest BCUT2D eigenvalue weighted by Crippen LogP contribution is 2.12. The van der Waals surface area contributed by atoms with Crippen LogP contribution in [0.4, 0.5) is 0 Å². The first-order valence-electron chi connectivity index (χ1n) is 4.30. The van der Waals surface area contributed by atoms with Crippen LogP contribution in [-0.4, -0.2) is 6.29 Å². The molecule has 0 unspecified atom stereocenters. The molecule has 0 aliphatic rings. The number of rotatable bonds is 4. The summed E-state index contributed by atoms with van der Waals surface area (Å²) in [6, 6.07) is 9.86. The van der Waals surface area contributed by atoms with Gasteiger partial charge in [-0.2, -0.15) is 0 Å². The average molecular weight is 183 g/mol. The number of hydrogen-bond donors (Lipinski definition) is 0. The molecular weight excluding hydrogens is 172 g/mol. The quantitative estimate of drug-likeness (QED) is 0.518. The Bertz CT molecular complexity index is 358. The maximum absolute atomic E-state index is 9.85. The molecule has 0 N–H and O–H groups in total. The summed E-state index contributed by atoms with van der Waals surface area (Å²) in [5.74, 6) is 0. The van der Waals surface area contributed by atoms with Gasteiger partial charge in [0.1, 0.15) is 0 Å². The van der Waals surface area contributed by atoms with E-state index in [1.807, 2.05) is 36.4 Å². The fraction of sp³-hybridized carbons (Fsp3) is 0. The number of allylic oxidation sites excluding steroid dienone is 5. The van der Waals surface area contributed by atoms with E-state index in [9.17, 15) is 4.79 Å². The summed E-state index contributed by atoms with van der Waals surface area (Å²) < 4.78 is 0. The molecular formula is C13H11O. The number of carbonyl (C=O) groups excluding carboxylic acids is 1. The van der Waals surface area contributed by atoms with E-state index in [0.29, 0.717) is 0 Å². The van der Waals surface area contributed by atoms with Crippen LogP contribution in [-0.2, 0) is 4.79 Å². The maximum atomic E-state index is 9.85. The van der Waals surface area contributed by atoms with Crippen molar-refractivity contribution >= 4 is 11.9 Å². The number of benzene rings is 1. The Kier molecular flexibility index (Phi) is 4.15. The molecule has 1 radical (unpaired) electrons. The molecule has 69 valence electrons. The normalized spacial score (nSPS) is 10.9. The molecule has 0 atom stereocenters. The van der Waals surface area contributed by atoms with Gasteiger partial charge in [-0.05, 0) is 17.2 Å². The molecule has 1 aromatic carbocycles. The predicted octanol–water partition coefficient (Wildman–Crippen LogP) is 2.92. The summed E-state index contributed by atoms with van der Waals surface area (Å²) in [5, 5.41) is 0. The van der Waals surface area contributed by atoms with E-state index in [4.69, 9.17) is 0 Å². The van der Waals surface area contributed by atoms with E-state index in [-0.39, 0.29) is 0 Å². The molecule has 0 saturated carbocycles. The lowest BCUT2D eigenvalue weighted by Gasteiger charge is -1.97. The van der Waals surface area contributed by atoms with E-state index in [2.05, 4.69) is 6.58 Å². The van der Waals surface area contributed by atoms with Gasteiger partial charge in [0.05, 0.1) is 0 Å². The third-order valence-corrected chi connectivity index (χ3v) is 1.72. The summed E-state index contributed by atoms with van der Waals surface area (Å²) >= 11 is 0. The Morgan fingerprint density at radius 1 is 1.21 bits per heavy atom. The maximum Gasteiger partial charge on any atom is 0.225 e. The second-order valence-corrected chi connectivity index (χ2v) is 2.73. The molecule has 1 aromatic rings. The highest BCUT2D eigenvalue weighted by Gasteiger charge is 1.90. The fourth-order valence-corrected chi connectivity index (χ4v) is 1.02. The van der Waals surface area contributed by atoms with Gasteiger partial charge < -0.3 is 0 Å². The van der Waals surface area contributed by atoms with Crippen LogP contribution in [0, 0.1) is 0 Å². The topological polar surface area (TPSA) is 17.1 Å². The minimum absolute atomic E-state index is 0.918. The van der Waals surface area contributed by atoms with Crippen molar-refractivity contribution < 1.29 is 4.79 Å². The first-order valence-corrected chi connectivity index (χ1v) is 4.30. The summed E-state index contributed by atoms with van der Waals surface area (Å²) in [5.41, 5.74) is 1.99. The van der Waals surface area contributed by atoms with Crippen LogP contribution in [0.2, 0.25) is 0 Å². The highest BCUT2D eigenvalue weighted by atomic mass is 16.1. The Hall–Kier alpha value is -1.89. The van der Waals surface area contributed by atoms with Gasteiger partial charge >= 0.3 is 0 Å².